The minimum absolute atomic E-state index is 0.163. The summed E-state index contributed by atoms with van der Waals surface area (Å²) in [5.74, 6) is 0.880. The van der Waals surface area contributed by atoms with Crippen molar-refractivity contribution in [3.05, 3.63) is 29.3 Å². The number of hydrogen-bond acceptors (Lipinski definition) is 4. The molecule has 21 heavy (non-hydrogen) atoms. The lowest BCUT2D eigenvalue weighted by Gasteiger charge is -2.26. The Hall–Kier alpha value is -1.39. The number of rotatable bonds is 7. The van der Waals surface area contributed by atoms with E-state index in [1.807, 2.05) is 25.1 Å². The lowest BCUT2D eigenvalue weighted by Crippen LogP contribution is -2.37. The first kappa shape index (κ1) is 16.0. The van der Waals surface area contributed by atoms with Gasteiger partial charge in [-0.2, -0.15) is 0 Å². The molecule has 1 heterocycles. The summed E-state index contributed by atoms with van der Waals surface area (Å²) in [6.07, 6.45) is 1.47. The van der Waals surface area contributed by atoms with Gasteiger partial charge in [-0.25, -0.2) is 0 Å². The summed E-state index contributed by atoms with van der Waals surface area (Å²) in [5, 5.41) is 0. The van der Waals surface area contributed by atoms with Gasteiger partial charge in [0.2, 0.25) is 0 Å². The maximum Gasteiger partial charge on any atom is 0.167 e. The minimum Gasteiger partial charge on any atom is -0.493 e. The molecule has 0 aliphatic carbocycles. The maximum atomic E-state index is 12.5. The highest BCUT2D eigenvalue weighted by Gasteiger charge is 2.16. The van der Waals surface area contributed by atoms with Crippen molar-refractivity contribution in [2.24, 2.45) is 0 Å². The molecule has 116 valence electrons. The molecule has 0 atom stereocenters. The van der Waals surface area contributed by atoms with Crippen molar-refractivity contribution in [3.8, 4) is 5.75 Å². The molecule has 1 saturated heterocycles. The fourth-order valence-electron chi connectivity index (χ4n) is 2.42. The Balaban J connectivity index is 1.97. The van der Waals surface area contributed by atoms with E-state index in [-0.39, 0.29) is 5.78 Å². The Kier molecular flexibility index (Phi) is 6.21. The summed E-state index contributed by atoms with van der Waals surface area (Å²) in [5.41, 5.74) is 1.81. The van der Waals surface area contributed by atoms with Crippen LogP contribution in [0.15, 0.2) is 18.2 Å². The Morgan fingerprint density at radius 2 is 2.10 bits per heavy atom. The van der Waals surface area contributed by atoms with E-state index in [2.05, 4.69) is 11.8 Å². The zero-order valence-corrected chi connectivity index (χ0v) is 13.1. The quantitative estimate of drug-likeness (QED) is 0.724. The standard InChI is InChI=1S/C17H25NO3/c1-3-10-21-17-5-4-14(2)13-15(17)16(19)6-7-18-8-11-20-12-9-18/h4-5,13H,3,6-12H2,1-2H3. The maximum absolute atomic E-state index is 12.5. The molecule has 0 radical (unpaired) electrons. The highest BCUT2D eigenvalue weighted by Crippen LogP contribution is 2.22. The van der Waals surface area contributed by atoms with Crippen molar-refractivity contribution in [2.45, 2.75) is 26.7 Å². The van der Waals surface area contributed by atoms with E-state index in [1.165, 1.54) is 0 Å². The summed E-state index contributed by atoms with van der Waals surface area (Å²) in [6.45, 7) is 8.88. The van der Waals surface area contributed by atoms with Crippen molar-refractivity contribution >= 4 is 5.78 Å². The number of morpholine rings is 1. The number of benzene rings is 1. The highest BCUT2D eigenvalue weighted by molar-refractivity contribution is 5.99. The number of ketones is 1. The van der Waals surface area contributed by atoms with E-state index < -0.39 is 0 Å². The van der Waals surface area contributed by atoms with E-state index >= 15 is 0 Å². The molecule has 4 nitrogen and oxygen atoms in total. The molecule has 1 aliphatic heterocycles. The fraction of sp³-hybridized carbons (Fsp3) is 0.588. The van der Waals surface area contributed by atoms with Crippen LogP contribution in [0.2, 0.25) is 0 Å². The smallest absolute Gasteiger partial charge is 0.167 e. The average Bonchev–Trinajstić information content (AvgIpc) is 2.52. The zero-order valence-electron chi connectivity index (χ0n) is 13.1. The third-order valence-electron chi connectivity index (χ3n) is 3.66. The second kappa shape index (κ2) is 8.15. The molecule has 1 aromatic carbocycles. The molecule has 0 amide bonds. The number of Topliss-reactive ketones (excluding diaryl/α,β-unsaturated/α-hetero) is 1. The van der Waals surface area contributed by atoms with Crippen LogP contribution in [0.5, 0.6) is 5.75 Å². The molecular weight excluding hydrogens is 266 g/mol. The molecule has 0 unspecified atom stereocenters. The van der Waals surface area contributed by atoms with Gasteiger partial charge in [-0.15, -0.1) is 0 Å². The number of aryl methyl sites for hydroxylation is 1. The predicted molar refractivity (Wildman–Crippen MR) is 83.2 cm³/mol. The van der Waals surface area contributed by atoms with E-state index in [9.17, 15) is 4.79 Å². The van der Waals surface area contributed by atoms with Gasteiger partial charge in [0.25, 0.3) is 0 Å². The van der Waals surface area contributed by atoms with Crippen molar-refractivity contribution < 1.29 is 14.3 Å². The largest absolute Gasteiger partial charge is 0.493 e. The number of hydrogen-bond donors (Lipinski definition) is 0. The number of ether oxygens (including phenoxy) is 2. The Labute approximate surface area is 127 Å². The first-order valence-electron chi connectivity index (χ1n) is 7.77. The third kappa shape index (κ3) is 4.83. The van der Waals surface area contributed by atoms with Gasteiger partial charge in [-0.05, 0) is 25.5 Å². The molecule has 0 saturated carbocycles. The van der Waals surface area contributed by atoms with E-state index in [1.54, 1.807) is 0 Å². The van der Waals surface area contributed by atoms with Gasteiger partial charge in [0.1, 0.15) is 5.75 Å². The molecule has 2 rings (SSSR count). The molecule has 0 aromatic heterocycles. The summed E-state index contributed by atoms with van der Waals surface area (Å²) in [4.78, 5) is 14.8. The first-order chi connectivity index (χ1) is 10.2. The van der Waals surface area contributed by atoms with Crippen molar-refractivity contribution in [3.63, 3.8) is 0 Å². The normalized spacial score (nSPS) is 15.9. The van der Waals surface area contributed by atoms with Crippen LogP contribution in [0.25, 0.3) is 0 Å². The van der Waals surface area contributed by atoms with E-state index in [4.69, 9.17) is 9.47 Å². The topological polar surface area (TPSA) is 38.8 Å². The molecule has 0 bridgehead atoms. The van der Waals surface area contributed by atoms with E-state index in [0.717, 1.165) is 56.1 Å². The van der Waals surface area contributed by atoms with Crippen molar-refractivity contribution in [1.82, 2.24) is 4.90 Å². The summed E-state index contributed by atoms with van der Waals surface area (Å²) < 4.78 is 11.0. The van der Waals surface area contributed by atoms with Gasteiger partial charge in [0.05, 0.1) is 25.4 Å². The van der Waals surface area contributed by atoms with Crippen LogP contribution in [0.3, 0.4) is 0 Å². The average molecular weight is 291 g/mol. The van der Waals surface area contributed by atoms with Crippen LogP contribution in [0.4, 0.5) is 0 Å². The number of nitrogens with zero attached hydrogens (tertiary/aromatic N) is 1. The first-order valence-corrected chi connectivity index (χ1v) is 7.77. The molecule has 4 heteroatoms. The van der Waals surface area contributed by atoms with Crippen LogP contribution >= 0.6 is 0 Å². The molecule has 1 aliphatic rings. The van der Waals surface area contributed by atoms with E-state index in [0.29, 0.717) is 13.0 Å². The second-order valence-electron chi connectivity index (χ2n) is 5.48. The van der Waals surface area contributed by atoms with Gasteiger partial charge < -0.3 is 9.47 Å². The van der Waals surface area contributed by atoms with Gasteiger partial charge in [0, 0.05) is 26.1 Å². The van der Waals surface area contributed by atoms with Gasteiger partial charge >= 0.3 is 0 Å². The number of carbonyl (C=O) groups is 1. The zero-order chi connectivity index (χ0) is 15.1. The summed E-state index contributed by atoms with van der Waals surface area (Å²) in [7, 11) is 0. The van der Waals surface area contributed by atoms with Crippen LogP contribution in [0.1, 0.15) is 35.7 Å². The van der Waals surface area contributed by atoms with Crippen LogP contribution in [-0.4, -0.2) is 50.1 Å². The van der Waals surface area contributed by atoms with Gasteiger partial charge in [0.15, 0.2) is 5.78 Å². The van der Waals surface area contributed by atoms with Crippen LogP contribution < -0.4 is 4.74 Å². The SMILES string of the molecule is CCCOc1ccc(C)cc1C(=O)CCN1CCOCC1. The third-order valence-corrected chi connectivity index (χ3v) is 3.66. The monoisotopic (exact) mass is 291 g/mol. The minimum atomic E-state index is 0.163. The molecule has 0 spiro atoms. The summed E-state index contributed by atoms with van der Waals surface area (Å²) >= 11 is 0. The van der Waals surface area contributed by atoms with Crippen LogP contribution in [-0.2, 0) is 4.74 Å². The summed E-state index contributed by atoms with van der Waals surface area (Å²) in [6, 6.07) is 5.84. The lowest BCUT2D eigenvalue weighted by atomic mass is 10.0. The Morgan fingerprint density at radius 3 is 2.81 bits per heavy atom. The predicted octanol–water partition coefficient (Wildman–Crippen LogP) is 2.69. The molecule has 1 fully saturated rings. The highest BCUT2D eigenvalue weighted by atomic mass is 16.5. The van der Waals surface area contributed by atoms with Gasteiger partial charge in [-0.1, -0.05) is 18.6 Å². The van der Waals surface area contributed by atoms with Gasteiger partial charge in [-0.3, -0.25) is 9.69 Å². The van der Waals surface area contributed by atoms with Crippen molar-refractivity contribution in [1.29, 1.82) is 0 Å². The molecular formula is C17H25NO3. The lowest BCUT2D eigenvalue weighted by molar-refractivity contribution is 0.0370. The molecule has 1 aromatic rings. The van der Waals surface area contributed by atoms with Crippen molar-refractivity contribution in [2.75, 3.05) is 39.5 Å². The van der Waals surface area contributed by atoms with Crippen LogP contribution in [0, 0.1) is 6.92 Å². The fourth-order valence-corrected chi connectivity index (χ4v) is 2.42. The number of carbonyl (C=O) groups excluding carboxylic acids is 1. The Bertz CT molecular complexity index is 467. The Morgan fingerprint density at radius 1 is 1.33 bits per heavy atom. The molecule has 0 N–H and O–H groups in total. The second-order valence-corrected chi connectivity index (χ2v) is 5.48.